The monoisotopic (exact) mass is 1070 g/mol. The fraction of sp³-hybridized carbons (Fsp3) is 0.732. The standard InChI is InChI=1S/C71H122O6/c1-4-7-10-13-16-19-21-23-25-27-29-30-31-32-33-34-35-36-37-38-39-40-42-43-45-47-49-52-55-58-61-64-70(73)76-67-68(66-75-69(72)63-60-57-54-51-18-15-12-9-6-3)77-71(74)65-62-59-56-53-50-48-46-44-41-28-26-24-22-20-17-14-11-8-5-2/h7,10,16,19,23,25,29-30,32-33,35-36,38-39,42-43,68H,4-6,8-9,11-15,17-18,20-22,24,26-28,31,34,37,40-41,44-67H2,1-3H3/b10-7-,19-16-,25-23-,30-29-,33-32-,36-35-,39-38-,43-42-. The second-order valence-corrected chi connectivity index (χ2v) is 21.7. The van der Waals surface area contributed by atoms with E-state index < -0.39 is 6.10 Å². The third-order valence-corrected chi connectivity index (χ3v) is 14.1. The molecule has 0 fully saturated rings. The maximum Gasteiger partial charge on any atom is 0.306 e. The minimum absolute atomic E-state index is 0.0779. The quantitative estimate of drug-likeness (QED) is 0.0261. The molecule has 0 aliphatic rings. The fourth-order valence-electron chi connectivity index (χ4n) is 9.23. The zero-order valence-corrected chi connectivity index (χ0v) is 50.7. The first kappa shape index (κ1) is 73.3. The molecule has 0 N–H and O–H groups in total. The van der Waals surface area contributed by atoms with E-state index in [9.17, 15) is 14.4 Å². The highest BCUT2D eigenvalue weighted by atomic mass is 16.6. The van der Waals surface area contributed by atoms with Crippen LogP contribution in [0.3, 0.4) is 0 Å². The van der Waals surface area contributed by atoms with Crippen molar-refractivity contribution in [1.29, 1.82) is 0 Å². The summed E-state index contributed by atoms with van der Waals surface area (Å²) in [5.41, 5.74) is 0. The van der Waals surface area contributed by atoms with E-state index in [0.717, 1.165) is 122 Å². The van der Waals surface area contributed by atoms with Crippen molar-refractivity contribution in [3.63, 3.8) is 0 Å². The largest absolute Gasteiger partial charge is 0.462 e. The number of hydrogen-bond acceptors (Lipinski definition) is 6. The van der Waals surface area contributed by atoms with E-state index in [4.69, 9.17) is 14.2 Å². The van der Waals surface area contributed by atoms with Crippen LogP contribution < -0.4 is 0 Å². The van der Waals surface area contributed by atoms with Gasteiger partial charge in [-0.3, -0.25) is 14.4 Å². The number of rotatable bonds is 59. The molecule has 1 unspecified atom stereocenters. The molecule has 0 spiro atoms. The summed E-state index contributed by atoms with van der Waals surface area (Å²) in [4.78, 5) is 38.2. The molecule has 442 valence electrons. The van der Waals surface area contributed by atoms with E-state index in [-0.39, 0.29) is 31.1 Å². The van der Waals surface area contributed by atoms with Crippen LogP contribution in [-0.2, 0) is 28.6 Å². The summed E-state index contributed by atoms with van der Waals surface area (Å²) >= 11 is 0. The topological polar surface area (TPSA) is 78.9 Å². The van der Waals surface area contributed by atoms with Gasteiger partial charge in [0.05, 0.1) is 0 Å². The van der Waals surface area contributed by atoms with Gasteiger partial charge in [-0.1, -0.05) is 311 Å². The van der Waals surface area contributed by atoms with Gasteiger partial charge in [0.1, 0.15) is 13.2 Å². The maximum atomic E-state index is 12.9. The van der Waals surface area contributed by atoms with E-state index in [1.165, 1.54) is 154 Å². The minimum atomic E-state index is -0.780. The van der Waals surface area contributed by atoms with Crippen molar-refractivity contribution in [3.8, 4) is 0 Å². The summed E-state index contributed by atoms with van der Waals surface area (Å²) in [7, 11) is 0. The molecule has 0 aliphatic heterocycles. The Hall–Kier alpha value is -3.67. The molecule has 0 saturated heterocycles. The zero-order valence-electron chi connectivity index (χ0n) is 50.7. The number of carbonyl (C=O) groups is 3. The van der Waals surface area contributed by atoms with Gasteiger partial charge in [0.25, 0.3) is 0 Å². The van der Waals surface area contributed by atoms with Crippen molar-refractivity contribution in [2.75, 3.05) is 13.2 Å². The summed E-state index contributed by atoms with van der Waals surface area (Å²) in [6.07, 6.45) is 87.1. The normalized spacial score (nSPS) is 12.7. The Morgan fingerprint density at radius 3 is 0.792 bits per heavy atom. The van der Waals surface area contributed by atoms with Gasteiger partial charge < -0.3 is 14.2 Å². The van der Waals surface area contributed by atoms with Crippen LogP contribution >= 0.6 is 0 Å². The SMILES string of the molecule is CC/C=C\C/C=C\C/C=C\C/C=C\C/C=C\C/C=C\C/C=C\C/C=C\CCCCCCCCC(=O)OCC(COC(=O)CCCCCCCCCCC)OC(=O)CCCCCCCCCCCCCCCCCCCCC. The van der Waals surface area contributed by atoms with E-state index in [1.54, 1.807) is 0 Å². The van der Waals surface area contributed by atoms with Gasteiger partial charge in [-0.05, 0) is 83.5 Å². The van der Waals surface area contributed by atoms with Crippen molar-refractivity contribution in [2.45, 2.75) is 322 Å². The molecule has 0 aromatic rings. The van der Waals surface area contributed by atoms with Crippen molar-refractivity contribution in [1.82, 2.24) is 0 Å². The number of esters is 3. The molecule has 0 aromatic carbocycles. The molecule has 0 radical (unpaired) electrons. The van der Waals surface area contributed by atoms with Gasteiger partial charge in [0.15, 0.2) is 6.10 Å². The van der Waals surface area contributed by atoms with Crippen LogP contribution in [0.4, 0.5) is 0 Å². The second-order valence-electron chi connectivity index (χ2n) is 21.7. The molecule has 0 aromatic heterocycles. The van der Waals surface area contributed by atoms with Crippen LogP contribution in [0.1, 0.15) is 316 Å². The molecule has 0 aliphatic carbocycles. The first-order chi connectivity index (χ1) is 38.0. The van der Waals surface area contributed by atoms with Crippen LogP contribution in [0.25, 0.3) is 0 Å². The fourth-order valence-corrected chi connectivity index (χ4v) is 9.23. The van der Waals surface area contributed by atoms with Gasteiger partial charge in [-0.15, -0.1) is 0 Å². The second kappa shape index (κ2) is 64.9. The Morgan fingerprint density at radius 2 is 0.506 bits per heavy atom. The van der Waals surface area contributed by atoms with Crippen LogP contribution in [0.5, 0.6) is 0 Å². The molecule has 0 rings (SSSR count). The average Bonchev–Trinajstić information content (AvgIpc) is 3.43. The Balaban J connectivity index is 4.23. The van der Waals surface area contributed by atoms with Gasteiger partial charge >= 0.3 is 17.9 Å². The Bertz CT molecular complexity index is 1510. The molecule has 6 nitrogen and oxygen atoms in total. The minimum Gasteiger partial charge on any atom is -0.462 e. The van der Waals surface area contributed by atoms with Gasteiger partial charge in [0.2, 0.25) is 0 Å². The predicted molar refractivity (Wildman–Crippen MR) is 334 cm³/mol. The summed E-state index contributed by atoms with van der Waals surface area (Å²) < 4.78 is 16.9. The highest BCUT2D eigenvalue weighted by molar-refractivity contribution is 5.71. The molecular weight excluding hydrogens is 949 g/mol. The van der Waals surface area contributed by atoms with Crippen LogP contribution in [0.2, 0.25) is 0 Å². The Morgan fingerprint density at radius 1 is 0.273 bits per heavy atom. The predicted octanol–water partition coefficient (Wildman–Crippen LogP) is 22.4. The lowest BCUT2D eigenvalue weighted by molar-refractivity contribution is -0.167. The smallest absolute Gasteiger partial charge is 0.306 e. The number of ether oxygens (including phenoxy) is 3. The lowest BCUT2D eigenvalue weighted by Gasteiger charge is -2.18. The van der Waals surface area contributed by atoms with Crippen molar-refractivity contribution >= 4 is 17.9 Å². The number of allylic oxidation sites excluding steroid dienone is 16. The van der Waals surface area contributed by atoms with Crippen molar-refractivity contribution < 1.29 is 28.6 Å². The summed E-state index contributed by atoms with van der Waals surface area (Å²) in [6, 6.07) is 0. The highest BCUT2D eigenvalue weighted by Crippen LogP contribution is 2.17. The van der Waals surface area contributed by atoms with Crippen LogP contribution in [0.15, 0.2) is 97.2 Å². The Labute approximate surface area is 477 Å². The van der Waals surface area contributed by atoms with E-state index >= 15 is 0 Å². The molecule has 0 bridgehead atoms. The van der Waals surface area contributed by atoms with E-state index in [2.05, 4.69) is 118 Å². The van der Waals surface area contributed by atoms with Gasteiger partial charge in [-0.2, -0.15) is 0 Å². The summed E-state index contributed by atoms with van der Waals surface area (Å²) in [5, 5.41) is 0. The van der Waals surface area contributed by atoms with Crippen LogP contribution in [0, 0.1) is 0 Å². The lowest BCUT2D eigenvalue weighted by Crippen LogP contribution is -2.30. The molecule has 0 heterocycles. The average molecular weight is 1070 g/mol. The summed E-state index contributed by atoms with van der Waals surface area (Å²) in [6.45, 7) is 6.53. The van der Waals surface area contributed by atoms with Gasteiger partial charge in [-0.25, -0.2) is 0 Å². The van der Waals surface area contributed by atoms with Crippen LogP contribution in [-0.4, -0.2) is 37.2 Å². The Kier molecular flexibility index (Phi) is 61.8. The zero-order chi connectivity index (χ0) is 55.7. The molecule has 1 atom stereocenters. The number of hydrogen-bond donors (Lipinski definition) is 0. The van der Waals surface area contributed by atoms with Crippen molar-refractivity contribution in [2.24, 2.45) is 0 Å². The number of carbonyl (C=O) groups excluding carboxylic acids is 3. The molecule has 0 saturated carbocycles. The first-order valence-electron chi connectivity index (χ1n) is 32.7. The van der Waals surface area contributed by atoms with E-state index in [1.807, 2.05) is 0 Å². The molecule has 6 heteroatoms. The third-order valence-electron chi connectivity index (χ3n) is 14.1. The lowest BCUT2D eigenvalue weighted by atomic mass is 10.0. The summed E-state index contributed by atoms with van der Waals surface area (Å²) in [5.74, 6) is -0.883. The third kappa shape index (κ3) is 63.0. The molecular formula is C71H122O6. The highest BCUT2D eigenvalue weighted by Gasteiger charge is 2.19. The van der Waals surface area contributed by atoms with Crippen molar-refractivity contribution in [3.05, 3.63) is 97.2 Å². The maximum absolute atomic E-state index is 12.9. The first-order valence-corrected chi connectivity index (χ1v) is 32.7. The van der Waals surface area contributed by atoms with E-state index in [0.29, 0.717) is 19.3 Å². The molecule has 0 amide bonds. The molecule has 77 heavy (non-hydrogen) atoms. The number of unbranched alkanes of at least 4 members (excludes halogenated alkanes) is 32. The van der Waals surface area contributed by atoms with Gasteiger partial charge in [0, 0.05) is 19.3 Å².